The normalized spacial score (nSPS) is 19.0. The number of aryl methyl sites for hydroxylation is 1. The van der Waals surface area contributed by atoms with E-state index >= 15 is 0 Å². The van der Waals surface area contributed by atoms with E-state index in [1.165, 1.54) is 0 Å². The summed E-state index contributed by atoms with van der Waals surface area (Å²) in [6.45, 7) is 3.43. The summed E-state index contributed by atoms with van der Waals surface area (Å²) in [4.78, 5) is 20.7. The van der Waals surface area contributed by atoms with Gasteiger partial charge >= 0.3 is 0 Å². The van der Waals surface area contributed by atoms with Gasteiger partial charge in [-0.1, -0.05) is 0 Å². The quantitative estimate of drug-likeness (QED) is 0.612. The molecule has 1 aromatic rings. The van der Waals surface area contributed by atoms with Crippen molar-refractivity contribution >= 4 is 11.7 Å². The average molecular weight is 263 g/mol. The van der Waals surface area contributed by atoms with Gasteiger partial charge in [-0.2, -0.15) is 0 Å². The lowest BCUT2D eigenvalue weighted by molar-refractivity contribution is 0.0783. The lowest BCUT2D eigenvalue weighted by Gasteiger charge is -2.20. The van der Waals surface area contributed by atoms with E-state index in [9.17, 15) is 4.79 Å². The van der Waals surface area contributed by atoms with E-state index in [2.05, 4.69) is 15.3 Å². The zero-order valence-electron chi connectivity index (χ0n) is 11.7. The number of hydrazine groups is 1. The number of amides is 1. The first-order chi connectivity index (χ1) is 9.01. The zero-order valence-corrected chi connectivity index (χ0v) is 11.7. The Morgan fingerprint density at radius 3 is 2.84 bits per heavy atom. The summed E-state index contributed by atoms with van der Waals surface area (Å²) in [5.74, 6) is 5.93. The van der Waals surface area contributed by atoms with E-state index in [1.807, 2.05) is 25.9 Å². The molecule has 1 aliphatic rings. The van der Waals surface area contributed by atoms with Gasteiger partial charge in [0.1, 0.15) is 5.82 Å². The highest BCUT2D eigenvalue weighted by atomic mass is 16.2. The maximum Gasteiger partial charge on any atom is 0.254 e. The molecule has 1 atom stereocenters. The Labute approximate surface area is 113 Å². The fraction of sp³-hybridized carbons (Fsp3) is 0.538. The maximum absolute atomic E-state index is 12.4. The molecule has 0 saturated carbocycles. The first kappa shape index (κ1) is 13.8. The third-order valence-electron chi connectivity index (χ3n) is 3.53. The van der Waals surface area contributed by atoms with Crippen molar-refractivity contribution in [2.24, 2.45) is 5.84 Å². The molecule has 104 valence electrons. The highest BCUT2D eigenvalue weighted by molar-refractivity contribution is 5.95. The molecule has 3 N–H and O–H groups in total. The molecule has 1 unspecified atom stereocenters. The van der Waals surface area contributed by atoms with Gasteiger partial charge < -0.3 is 15.2 Å². The summed E-state index contributed by atoms with van der Waals surface area (Å²) in [6, 6.07) is 3.93. The van der Waals surface area contributed by atoms with Gasteiger partial charge in [0, 0.05) is 30.4 Å². The molecule has 2 rings (SSSR count). The molecule has 1 amide bonds. The number of nitrogens with one attached hydrogen (secondary N) is 1. The number of carbonyl (C=O) groups is 1. The lowest BCUT2D eigenvalue weighted by atomic mass is 10.2. The predicted molar refractivity (Wildman–Crippen MR) is 74.8 cm³/mol. The number of likely N-dealkylation sites (N-methyl/N-ethyl adjacent to an activating group) is 1. The van der Waals surface area contributed by atoms with Gasteiger partial charge in [-0.3, -0.25) is 4.79 Å². The number of pyridine rings is 1. The van der Waals surface area contributed by atoms with Gasteiger partial charge in [0.2, 0.25) is 0 Å². The Morgan fingerprint density at radius 2 is 2.26 bits per heavy atom. The van der Waals surface area contributed by atoms with Crippen molar-refractivity contribution in [1.82, 2.24) is 14.8 Å². The van der Waals surface area contributed by atoms with Crippen LogP contribution in [0.25, 0.3) is 0 Å². The highest BCUT2D eigenvalue weighted by Crippen LogP contribution is 2.18. The number of hydrogen-bond donors (Lipinski definition) is 2. The third kappa shape index (κ3) is 3.02. The van der Waals surface area contributed by atoms with Crippen LogP contribution in [0.15, 0.2) is 12.1 Å². The maximum atomic E-state index is 12.4. The largest absolute Gasteiger partial charge is 0.337 e. The van der Waals surface area contributed by atoms with Crippen molar-refractivity contribution in [2.45, 2.75) is 19.4 Å². The minimum absolute atomic E-state index is 0.0475. The second kappa shape index (κ2) is 5.54. The molecular weight excluding hydrogens is 242 g/mol. The van der Waals surface area contributed by atoms with Crippen molar-refractivity contribution in [3.05, 3.63) is 23.4 Å². The van der Waals surface area contributed by atoms with Crippen LogP contribution in [-0.4, -0.2) is 53.9 Å². The first-order valence-electron chi connectivity index (χ1n) is 6.42. The number of nitrogens with two attached hydrogens (primary N) is 1. The predicted octanol–water partition coefficient (Wildman–Crippen LogP) is 0.452. The summed E-state index contributed by atoms with van der Waals surface area (Å²) in [5.41, 5.74) is 3.91. The number of rotatable bonds is 3. The fourth-order valence-electron chi connectivity index (χ4n) is 2.40. The van der Waals surface area contributed by atoms with E-state index in [1.54, 1.807) is 12.1 Å². The highest BCUT2D eigenvalue weighted by Gasteiger charge is 2.28. The van der Waals surface area contributed by atoms with Crippen molar-refractivity contribution < 1.29 is 4.79 Å². The van der Waals surface area contributed by atoms with Gasteiger partial charge in [-0.05, 0) is 39.6 Å². The van der Waals surface area contributed by atoms with E-state index in [4.69, 9.17) is 5.84 Å². The van der Waals surface area contributed by atoms with Gasteiger partial charge in [0.25, 0.3) is 5.91 Å². The summed E-state index contributed by atoms with van der Waals surface area (Å²) in [5, 5.41) is 0. The van der Waals surface area contributed by atoms with E-state index in [-0.39, 0.29) is 5.91 Å². The van der Waals surface area contributed by atoms with Crippen LogP contribution in [0.4, 0.5) is 5.82 Å². The van der Waals surface area contributed by atoms with Crippen LogP contribution >= 0.6 is 0 Å². The Hall–Kier alpha value is -1.66. The first-order valence-corrected chi connectivity index (χ1v) is 6.42. The molecule has 0 aromatic carbocycles. The number of hydrogen-bond acceptors (Lipinski definition) is 5. The third-order valence-corrected chi connectivity index (χ3v) is 3.53. The average Bonchev–Trinajstić information content (AvgIpc) is 2.86. The van der Waals surface area contributed by atoms with Crippen LogP contribution in [0, 0.1) is 6.92 Å². The molecule has 0 bridgehead atoms. The monoisotopic (exact) mass is 263 g/mol. The Balaban J connectivity index is 2.14. The molecule has 6 heteroatoms. The van der Waals surface area contributed by atoms with Crippen molar-refractivity contribution in [3.63, 3.8) is 0 Å². The molecule has 6 nitrogen and oxygen atoms in total. The molecule has 1 saturated heterocycles. The summed E-state index contributed by atoms with van der Waals surface area (Å²) in [6.07, 6.45) is 1.02. The molecule has 0 aliphatic carbocycles. The summed E-state index contributed by atoms with van der Waals surface area (Å²) < 4.78 is 0. The molecule has 0 radical (unpaired) electrons. The van der Waals surface area contributed by atoms with Crippen LogP contribution < -0.4 is 11.3 Å². The molecule has 2 heterocycles. The van der Waals surface area contributed by atoms with E-state index in [0.717, 1.165) is 25.2 Å². The van der Waals surface area contributed by atoms with Crippen molar-refractivity contribution in [1.29, 1.82) is 0 Å². The number of carbonyl (C=O) groups excluding carboxylic acids is 1. The van der Waals surface area contributed by atoms with Gasteiger partial charge in [-0.25, -0.2) is 10.8 Å². The summed E-state index contributed by atoms with van der Waals surface area (Å²) in [7, 11) is 4.09. The van der Waals surface area contributed by atoms with E-state index < -0.39 is 0 Å². The molecule has 1 aliphatic heterocycles. The molecule has 1 aromatic heterocycles. The lowest BCUT2D eigenvalue weighted by Crippen LogP contribution is -2.34. The standard InChI is InChI=1S/C13H21N5O/c1-9-6-10(7-12(15-9)16-14)13(19)18-5-4-11(8-18)17(2)3/h6-7,11H,4-5,8,14H2,1-3H3,(H,15,16). The number of nitrogen functional groups attached to an aromatic ring is 1. The topological polar surface area (TPSA) is 74.5 Å². The van der Waals surface area contributed by atoms with Crippen molar-refractivity contribution in [2.75, 3.05) is 32.6 Å². The Bertz CT molecular complexity index is 474. The van der Waals surface area contributed by atoms with Crippen LogP contribution in [0.3, 0.4) is 0 Å². The molecule has 19 heavy (non-hydrogen) atoms. The Morgan fingerprint density at radius 1 is 1.53 bits per heavy atom. The van der Waals surface area contributed by atoms with E-state index in [0.29, 0.717) is 17.4 Å². The van der Waals surface area contributed by atoms with Crippen LogP contribution in [0.5, 0.6) is 0 Å². The number of anilines is 1. The number of nitrogens with zero attached hydrogens (tertiary/aromatic N) is 3. The Kier molecular flexibility index (Phi) is 4.01. The molecule has 0 spiro atoms. The van der Waals surface area contributed by atoms with Gasteiger partial charge in [-0.15, -0.1) is 0 Å². The van der Waals surface area contributed by atoms with Crippen LogP contribution in [-0.2, 0) is 0 Å². The van der Waals surface area contributed by atoms with Crippen molar-refractivity contribution in [3.8, 4) is 0 Å². The fourth-order valence-corrected chi connectivity index (χ4v) is 2.40. The smallest absolute Gasteiger partial charge is 0.254 e. The zero-order chi connectivity index (χ0) is 14.0. The SMILES string of the molecule is Cc1cc(C(=O)N2CCC(N(C)C)C2)cc(NN)n1. The number of likely N-dealkylation sites (tertiary alicyclic amines) is 1. The second-order valence-electron chi connectivity index (χ2n) is 5.18. The number of aromatic nitrogens is 1. The van der Waals surface area contributed by atoms with Gasteiger partial charge in [0.15, 0.2) is 0 Å². The van der Waals surface area contributed by atoms with Gasteiger partial charge in [0.05, 0.1) is 0 Å². The summed E-state index contributed by atoms with van der Waals surface area (Å²) >= 11 is 0. The molecule has 1 fully saturated rings. The second-order valence-corrected chi connectivity index (χ2v) is 5.18. The van der Waals surface area contributed by atoms with Crippen LogP contribution in [0.2, 0.25) is 0 Å². The molecular formula is C13H21N5O. The van der Waals surface area contributed by atoms with Crippen LogP contribution in [0.1, 0.15) is 22.5 Å². The minimum Gasteiger partial charge on any atom is -0.337 e. The minimum atomic E-state index is 0.0475.